The fraction of sp³-hybridized carbons (Fsp3) is 0.571. The molecule has 1 aromatic carbocycles. The monoisotopic (exact) mass is 450 g/mol. The van der Waals surface area contributed by atoms with E-state index in [4.69, 9.17) is 4.74 Å². The summed E-state index contributed by atoms with van der Waals surface area (Å²) in [6.07, 6.45) is 3.71. The number of amides is 1. The van der Waals surface area contributed by atoms with Gasteiger partial charge < -0.3 is 14.6 Å². The van der Waals surface area contributed by atoms with Gasteiger partial charge in [0.25, 0.3) is 5.91 Å². The number of ether oxygens (including phenoxy) is 1. The normalized spacial score (nSPS) is 16.0. The molecule has 1 heterocycles. The predicted molar refractivity (Wildman–Crippen MR) is 116 cm³/mol. The van der Waals surface area contributed by atoms with Gasteiger partial charge in [-0.05, 0) is 38.0 Å². The third-order valence-electron chi connectivity index (χ3n) is 5.66. The van der Waals surface area contributed by atoms with Crippen molar-refractivity contribution < 1.29 is 22.7 Å². The molecule has 1 saturated carbocycles. The summed E-state index contributed by atoms with van der Waals surface area (Å²) in [5, 5.41) is 2.92. The number of esters is 1. The van der Waals surface area contributed by atoms with E-state index in [1.165, 1.54) is 20.2 Å². The maximum Gasteiger partial charge on any atom is 0.307 e. The van der Waals surface area contributed by atoms with Crippen molar-refractivity contribution in [2.75, 3.05) is 14.1 Å². The Balaban J connectivity index is 1.61. The number of imidazole rings is 1. The van der Waals surface area contributed by atoms with Crippen LogP contribution in [0.15, 0.2) is 23.1 Å². The molecule has 1 aliphatic rings. The number of aromatic nitrogens is 2. The largest absolute Gasteiger partial charge is 0.453 e. The van der Waals surface area contributed by atoms with E-state index in [-0.39, 0.29) is 23.3 Å². The number of sulfonamides is 1. The van der Waals surface area contributed by atoms with Crippen LogP contribution in [0.2, 0.25) is 0 Å². The minimum absolute atomic E-state index is 0.0705. The average Bonchev–Trinajstić information content (AvgIpc) is 3.33. The zero-order valence-electron chi connectivity index (χ0n) is 18.4. The molecule has 31 heavy (non-hydrogen) atoms. The summed E-state index contributed by atoms with van der Waals surface area (Å²) < 4.78 is 32.9. The summed E-state index contributed by atoms with van der Waals surface area (Å²) in [6.45, 7) is 1.57. The van der Waals surface area contributed by atoms with Crippen LogP contribution in [0.5, 0.6) is 0 Å². The van der Waals surface area contributed by atoms with Gasteiger partial charge in [0.05, 0.1) is 22.3 Å². The van der Waals surface area contributed by atoms with Crippen LogP contribution in [0.3, 0.4) is 0 Å². The SMILES string of the molecule is CC(OC(=O)CCc1nc2cc(S(=O)(=O)N(C)C)ccc2n1C)C(=O)NC1CCCC1. The highest BCUT2D eigenvalue weighted by molar-refractivity contribution is 7.89. The summed E-state index contributed by atoms with van der Waals surface area (Å²) in [5.74, 6) is -0.107. The van der Waals surface area contributed by atoms with Gasteiger partial charge in [-0.1, -0.05) is 12.8 Å². The maximum absolute atomic E-state index is 12.3. The van der Waals surface area contributed by atoms with Gasteiger partial charge in [-0.25, -0.2) is 17.7 Å². The highest BCUT2D eigenvalue weighted by atomic mass is 32.2. The molecule has 0 bridgehead atoms. The summed E-state index contributed by atoms with van der Waals surface area (Å²) in [6, 6.07) is 4.95. The van der Waals surface area contributed by atoms with E-state index < -0.39 is 22.1 Å². The molecule has 1 aliphatic carbocycles. The molecule has 1 aromatic heterocycles. The molecule has 1 unspecified atom stereocenters. The van der Waals surface area contributed by atoms with E-state index >= 15 is 0 Å². The third kappa shape index (κ3) is 5.24. The number of nitrogens with zero attached hydrogens (tertiary/aromatic N) is 3. The minimum atomic E-state index is -3.56. The molecule has 1 amide bonds. The zero-order chi connectivity index (χ0) is 22.8. The standard InChI is InChI=1S/C21H30N4O5S/c1-14(21(27)22-15-7-5-6-8-15)30-20(26)12-11-19-23-17-13-16(31(28,29)24(2)3)9-10-18(17)25(19)4/h9-10,13-15H,5-8,11-12H2,1-4H3,(H,22,27). The lowest BCUT2D eigenvalue weighted by molar-refractivity contribution is -0.155. The van der Waals surface area contributed by atoms with Crippen LogP contribution in [0.25, 0.3) is 11.0 Å². The first-order valence-electron chi connectivity index (χ1n) is 10.5. The smallest absolute Gasteiger partial charge is 0.307 e. The molecular formula is C21H30N4O5S. The van der Waals surface area contributed by atoms with E-state index in [0.29, 0.717) is 17.8 Å². The quantitative estimate of drug-likeness (QED) is 0.614. The fourth-order valence-electron chi connectivity index (χ4n) is 3.74. The van der Waals surface area contributed by atoms with Crippen molar-refractivity contribution in [2.45, 2.75) is 62.5 Å². The van der Waals surface area contributed by atoms with Crippen molar-refractivity contribution in [3.05, 3.63) is 24.0 Å². The Morgan fingerprint density at radius 1 is 1.29 bits per heavy atom. The lowest BCUT2D eigenvalue weighted by atomic mass is 10.2. The molecule has 170 valence electrons. The van der Waals surface area contributed by atoms with Crippen LogP contribution >= 0.6 is 0 Å². The molecule has 0 radical (unpaired) electrons. The van der Waals surface area contributed by atoms with Crippen molar-refractivity contribution in [1.82, 2.24) is 19.2 Å². The average molecular weight is 451 g/mol. The molecule has 1 N–H and O–H groups in total. The molecule has 0 aliphatic heterocycles. The van der Waals surface area contributed by atoms with Crippen molar-refractivity contribution in [3.63, 3.8) is 0 Å². The fourth-order valence-corrected chi connectivity index (χ4v) is 4.66. The maximum atomic E-state index is 12.3. The van der Waals surface area contributed by atoms with Gasteiger partial charge in [0, 0.05) is 33.6 Å². The number of hydrogen-bond acceptors (Lipinski definition) is 6. The minimum Gasteiger partial charge on any atom is -0.453 e. The first-order valence-corrected chi connectivity index (χ1v) is 11.9. The molecule has 2 aromatic rings. The van der Waals surface area contributed by atoms with Crippen LogP contribution in [0, 0.1) is 0 Å². The van der Waals surface area contributed by atoms with Gasteiger partial charge in [-0.15, -0.1) is 0 Å². The predicted octanol–water partition coefficient (Wildman–Crippen LogP) is 1.75. The number of fused-ring (bicyclic) bond motifs is 1. The van der Waals surface area contributed by atoms with Crippen molar-refractivity contribution in [1.29, 1.82) is 0 Å². The van der Waals surface area contributed by atoms with Crippen LogP contribution in [0.4, 0.5) is 0 Å². The van der Waals surface area contributed by atoms with Gasteiger partial charge in [0.1, 0.15) is 5.82 Å². The van der Waals surface area contributed by atoms with Crippen LogP contribution in [-0.4, -0.2) is 60.4 Å². The molecule has 0 spiro atoms. The second kappa shape index (κ2) is 9.35. The van der Waals surface area contributed by atoms with Crippen molar-refractivity contribution >= 4 is 32.9 Å². The van der Waals surface area contributed by atoms with Gasteiger partial charge in [-0.3, -0.25) is 9.59 Å². The first-order chi connectivity index (χ1) is 14.6. The molecule has 0 saturated heterocycles. The summed E-state index contributed by atoms with van der Waals surface area (Å²) in [5.41, 5.74) is 1.31. The number of rotatable bonds is 8. The Morgan fingerprint density at radius 2 is 1.97 bits per heavy atom. The molecular weight excluding hydrogens is 420 g/mol. The molecule has 10 heteroatoms. The lowest BCUT2D eigenvalue weighted by Gasteiger charge is -2.17. The topological polar surface area (TPSA) is 111 Å². The van der Waals surface area contributed by atoms with E-state index in [9.17, 15) is 18.0 Å². The van der Waals surface area contributed by atoms with Gasteiger partial charge >= 0.3 is 5.97 Å². The van der Waals surface area contributed by atoms with Gasteiger partial charge in [0.15, 0.2) is 6.10 Å². The second-order valence-electron chi connectivity index (χ2n) is 8.15. The van der Waals surface area contributed by atoms with E-state index in [2.05, 4.69) is 10.3 Å². The Hall–Kier alpha value is -2.46. The van der Waals surface area contributed by atoms with E-state index in [1.54, 1.807) is 19.1 Å². The highest BCUT2D eigenvalue weighted by Crippen LogP contribution is 2.22. The van der Waals surface area contributed by atoms with E-state index in [0.717, 1.165) is 35.5 Å². The zero-order valence-corrected chi connectivity index (χ0v) is 19.2. The van der Waals surface area contributed by atoms with Crippen molar-refractivity contribution in [3.8, 4) is 0 Å². The first kappa shape index (κ1) is 23.2. The van der Waals surface area contributed by atoms with E-state index in [1.807, 2.05) is 11.6 Å². The summed E-state index contributed by atoms with van der Waals surface area (Å²) in [4.78, 5) is 29.1. The molecule has 3 rings (SSSR count). The Bertz CT molecular complexity index is 1070. The highest BCUT2D eigenvalue weighted by Gasteiger charge is 2.23. The third-order valence-corrected chi connectivity index (χ3v) is 7.47. The number of nitrogens with one attached hydrogen (secondary N) is 1. The molecule has 1 atom stereocenters. The molecule has 9 nitrogen and oxygen atoms in total. The number of hydrogen-bond donors (Lipinski definition) is 1. The number of aryl methyl sites for hydroxylation is 2. The van der Waals surface area contributed by atoms with Gasteiger partial charge in [0.2, 0.25) is 10.0 Å². The Kier molecular flexibility index (Phi) is 7.00. The number of carbonyl (C=O) groups excluding carboxylic acids is 2. The Morgan fingerprint density at radius 3 is 2.61 bits per heavy atom. The number of carbonyl (C=O) groups is 2. The molecule has 1 fully saturated rings. The second-order valence-corrected chi connectivity index (χ2v) is 10.3. The lowest BCUT2D eigenvalue weighted by Crippen LogP contribution is -2.40. The summed E-state index contributed by atoms with van der Waals surface area (Å²) in [7, 11) is 1.21. The van der Waals surface area contributed by atoms with Crippen molar-refractivity contribution in [2.24, 2.45) is 7.05 Å². The number of benzene rings is 1. The van der Waals surface area contributed by atoms with Gasteiger partial charge in [-0.2, -0.15) is 0 Å². The van der Waals surface area contributed by atoms with Crippen LogP contribution in [0.1, 0.15) is 44.9 Å². The Labute approximate surface area is 182 Å². The van der Waals surface area contributed by atoms with Crippen LogP contribution in [-0.2, 0) is 37.8 Å². The summed E-state index contributed by atoms with van der Waals surface area (Å²) >= 11 is 0. The van der Waals surface area contributed by atoms with Crippen LogP contribution < -0.4 is 5.32 Å².